The van der Waals surface area contributed by atoms with Gasteiger partial charge in [0.1, 0.15) is 16.5 Å². The van der Waals surface area contributed by atoms with Gasteiger partial charge in [-0.25, -0.2) is 4.79 Å². The lowest BCUT2D eigenvalue weighted by molar-refractivity contribution is -0.113. The first-order valence-corrected chi connectivity index (χ1v) is 13.1. The summed E-state index contributed by atoms with van der Waals surface area (Å²) >= 11 is 2.58. The number of benzene rings is 1. The average molecular weight is 518 g/mol. The number of amides is 1. The smallest absolute Gasteiger partial charge is 0.341 e. The van der Waals surface area contributed by atoms with E-state index in [1.165, 1.54) is 11.3 Å². The quantitative estimate of drug-likeness (QED) is 0.238. The molecule has 1 aromatic carbocycles. The molecule has 0 bridgehead atoms. The molecule has 1 N–H and O–H groups in total. The summed E-state index contributed by atoms with van der Waals surface area (Å²) in [5.41, 5.74) is 2.11. The molecule has 4 rings (SSSR count). The summed E-state index contributed by atoms with van der Waals surface area (Å²) in [6.07, 6.45) is 4.97. The van der Waals surface area contributed by atoms with Crippen LogP contribution in [0, 0.1) is 0 Å². The SMILES string of the molecule is CCOC(=O)c1c(NC(=O)CSc2nnc(-c3cc(OC)ccc3OC)o2)sc2c1CCCCC2. The summed E-state index contributed by atoms with van der Waals surface area (Å²) in [6.45, 7) is 2.06. The van der Waals surface area contributed by atoms with Gasteiger partial charge in [-0.05, 0) is 56.4 Å². The van der Waals surface area contributed by atoms with Gasteiger partial charge in [0, 0.05) is 4.88 Å². The van der Waals surface area contributed by atoms with Crippen molar-refractivity contribution in [2.75, 3.05) is 31.9 Å². The van der Waals surface area contributed by atoms with Gasteiger partial charge in [0.2, 0.25) is 5.91 Å². The van der Waals surface area contributed by atoms with Gasteiger partial charge >= 0.3 is 5.97 Å². The minimum Gasteiger partial charge on any atom is -0.497 e. The van der Waals surface area contributed by atoms with Gasteiger partial charge in [-0.15, -0.1) is 21.5 Å². The lowest BCUT2D eigenvalue weighted by Crippen LogP contribution is -2.16. The van der Waals surface area contributed by atoms with Crippen molar-refractivity contribution in [3.05, 3.63) is 34.2 Å². The molecule has 186 valence electrons. The van der Waals surface area contributed by atoms with Crippen LogP contribution in [0.15, 0.2) is 27.8 Å². The number of hydrogen-bond acceptors (Lipinski definition) is 10. The zero-order chi connectivity index (χ0) is 24.8. The second-order valence-electron chi connectivity index (χ2n) is 7.77. The van der Waals surface area contributed by atoms with Crippen LogP contribution in [0.2, 0.25) is 0 Å². The van der Waals surface area contributed by atoms with Crippen molar-refractivity contribution in [2.45, 2.75) is 44.3 Å². The van der Waals surface area contributed by atoms with E-state index in [1.54, 1.807) is 39.3 Å². The topological polar surface area (TPSA) is 113 Å². The zero-order valence-corrected chi connectivity index (χ0v) is 21.5. The van der Waals surface area contributed by atoms with Crippen LogP contribution in [0.25, 0.3) is 11.5 Å². The fourth-order valence-corrected chi connectivity index (χ4v) is 5.75. The van der Waals surface area contributed by atoms with Gasteiger partial charge in [-0.1, -0.05) is 18.2 Å². The number of esters is 1. The fraction of sp³-hybridized carbons (Fsp3) is 0.417. The molecule has 0 saturated heterocycles. The molecule has 0 spiro atoms. The van der Waals surface area contributed by atoms with Gasteiger partial charge in [0.05, 0.1) is 37.7 Å². The summed E-state index contributed by atoms with van der Waals surface area (Å²) in [6, 6.07) is 5.26. The molecule has 0 unspecified atom stereocenters. The number of methoxy groups -OCH3 is 2. The van der Waals surface area contributed by atoms with Crippen LogP contribution in [0.3, 0.4) is 0 Å². The molecular weight excluding hydrogens is 490 g/mol. The van der Waals surface area contributed by atoms with E-state index in [0.29, 0.717) is 27.6 Å². The van der Waals surface area contributed by atoms with Gasteiger partial charge in [-0.2, -0.15) is 0 Å². The molecule has 35 heavy (non-hydrogen) atoms. The Bertz CT molecular complexity index is 1210. The molecule has 11 heteroatoms. The monoisotopic (exact) mass is 517 g/mol. The number of hydrogen-bond donors (Lipinski definition) is 1. The van der Waals surface area contributed by atoms with Crippen LogP contribution in [-0.2, 0) is 22.4 Å². The molecule has 0 atom stereocenters. The molecule has 0 saturated carbocycles. The van der Waals surface area contributed by atoms with E-state index in [4.69, 9.17) is 18.6 Å². The van der Waals surface area contributed by atoms with E-state index in [-0.39, 0.29) is 35.3 Å². The summed E-state index contributed by atoms with van der Waals surface area (Å²) in [4.78, 5) is 26.6. The maximum atomic E-state index is 12.8. The Morgan fingerprint density at radius 2 is 1.97 bits per heavy atom. The maximum absolute atomic E-state index is 12.8. The molecule has 1 aliphatic rings. The number of anilines is 1. The van der Waals surface area contributed by atoms with Crippen LogP contribution >= 0.6 is 23.1 Å². The van der Waals surface area contributed by atoms with E-state index in [9.17, 15) is 9.59 Å². The van der Waals surface area contributed by atoms with Crippen molar-refractivity contribution < 1.29 is 28.2 Å². The van der Waals surface area contributed by atoms with E-state index in [1.807, 2.05) is 0 Å². The fourth-order valence-electron chi connectivity index (χ4n) is 3.90. The molecule has 2 aromatic heterocycles. The van der Waals surface area contributed by atoms with Crippen molar-refractivity contribution >= 4 is 40.0 Å². The van der Waals surface area contributed by atoms with E-state index >= 15 is 0 Å². The number of ether oxygens (including phenoxy) is 3. The number of aromatic nitrogens is 2. The number of fused-ring (bicyclic) bond motifs is 1. The highest BCUT2D eigenvalue weighted by atomic mass is 32.2. The predicted molar refractivity (Wildman–Crippen MR) is 134 cm³/mol. The van der Waals surface area contributed by atoms with Crippen molar-refractivity contribution in [3.8, 4) is 23.0 Å². The molecule has 1 aliphatic carbocycles. The first-order chi connectivity index (χ1) is 17.0. The minimum absolute atomic E-state index is 0.0434. The first kappa shape index (κ1) is 25.1. The molecule has 0 aliphatic heterocycles. The zero-order valence-electron chi connectivity index (χ0n) is 19.8. The van der Waals surface area contributed by atoms with Crippen molar-refractivity contribution in [1.82, 2.24) is 10.2 Å². The van der Waals surface area contributed by atoms with Crippen molar-refractivity contribution in [2.24, 2.45) is 0 Å². The second kappa shape index (κ2) is 11.6. The van der Waals surface area contributed by atoms with Gasteiger partial charge in [0.15, 0.2) is 0 Å². The number of carbonyl (C=O) groups excluding carboxylic acids is 2. The summed E-state index contributed by atoms with van der Waals surface area (Å²) in [7, 11) is 3.12. The van der Waals surface area contributed by atoms with E-state index in [0.717, 1.165) is 54.3 Å². The minimum atomic E-state index is -0.386. The van der Waals surface area contributed by atoms with Gasteiger partial charge < -0.3 is 23.9 Å². The predicted octanol–water partition coefficient (Wildman–Crippen LogP) is 4.99. The third kappa shape index (κ3) is 5.79. The third-order valence-corrected chi connectivity index (χ3v) is 7.55. The van der Waals surface area contributed by atoms with Crippen LogP contribution in [0.1, 0.15) is 47.0 Å². The molecule has 0 radical (unpaired) electrons. The van der Waals surface area contributed by atoms with Crippen LogP contribution in [-0.4, -0.2) is 48.7 Å². The number of thioether (sulfide) groups is 1. The highest BCUT2D eigenvalue weighted by Crippen LogP contribution is 2.38. The maximum Gasteiger partial charge on any atom is 0.341 e. The second-order valence-corrected chi connectivity index (χ2v) is 9.80. The molecule has 9 nitrogen and oxygen atoms in total. The molecule has 1 amide bonds. The third-order valence-electron chi connectivity index (χ3n) is 5.52. The van der Waals surface area contributed by atoms with Crippen LogP contribution in [0.5, 0.6) is 11.5 Å². The Kier molecular flexibility index (Phi) is 8.29. The van der Waals surface area contributed by atoms with Gasteiger partial charge in [-0.3, -0.25) is 4.79 Å². The summed E-state index contributed by atoms with van der Waals surface area (Å²) in [5.74, 6) is 0.837. The number of nitrogens with zero attached hydrogens (tertiary/aromatic N) is 2. The molecular formula is C24H27N3O6S2. The molecule has 3 aromatic rings. The summed E-state index contributed by atoms with van der Waals surface area (Å²) in [5, 5.41) is 11.8. The van der Waals surface area contributed by atoms with Crippen molar-refractivity contribution in [3.63, 3.8) is 0 Å². The van der Waals surface area contributed by atoms with Crippen LogP contribution in [0.4, 0.5) is 5.00 Å². The normalized spacial score (nSPS) is 13.0. The first-order valence-electron chi connectivity index (χ1n) is 11.3. The van der Waals surface area contributed by atoms with Crippen LogP contribution < -0.4 is 14.8 Å². The number of thiophene rings is 1. The Balaban J connectivity index is 1.45. The lowest BCUT2D eigenvalue weighted by atomic mass is 10.1. The number of aryl methyl sites for hydroxylation is 1. The number of carbonyl (C=O) groups is 2. The van der Waals surface area contributed by atoms with E-state index in [2.05, 4.69) is 15.5 Å². The Labute approximate surface area is 211 Å². The number of rotatable bonds is 9. The Hall–Kier alpha value is -3.05. The molecule has 0 fully saturated rings. The average Bonchev–Trinajstić information content (AvgIpc) is 3.40. The summed E-state index contributed by atoms with van der Waals surface area (Å²) < 4.78 is 21.7. The highest BCUT2D eigenvalue weighted by Gasteiger charge is 2.27. The van der Waals surface area contributed by atoms with E-state index < -0.39 is 0 Å². The largest absolute Gasteiger partial charge is 0.497 e. The Morgan fingerprint density at radius 3 is 2.74 bits per heavy atom. The highest BCUT2D eigenvalue weighted by molar-refractivity contribution is 7.99. The number of nitrogens with one attached hydrogen (secondary N) is 1. The van der Waals surface area contributed by atoms with Crippen molar-refractivity contribution in [1.29, 1.82) is 0 Å². The molecule has 2 heterocycles. The standard InChI is InChI=1S/C24H27N3O6S2/c1-4-32-23(29)20-15-8-6-5-7-9-18(15)35-22(20)25-19(28)13-34-24-27-26-21(33-24)16-12-14(30-2)10-11-17(16)31-3/h10-12H,4-9,13H2,1-3H3,(H,25,28). The van der Waals surface area contributed by atoms with Gasteiger partial charge in [0.25, 0.3) is 11.1 Å². The lowest BCUT2D eigenvalue weighted by Gasteiger charge is -2.08. The Morgan fingerprint density at radius 1 is 1.14 bits per heavy atom.